The van der Waals surface area contributed by atoms with E-state index < -0.39 is 0 Å². The molecule has 5 nitrogen and oxygen atoms in total. The van der Waals surface area contributed by atoms with Gasteiger partial charge in [0.15, 0.2) is 0 Å². The summed E-state index contributed by atoms with van der Waals surface area (Å²) in [5.41, 5.74) is 0. The highest BCUT2D eigenvalue weighted by atomic mass is 35.5. The Hall–Kier alpha value is -1.33. The summed E-state index contributed by atoms with van der Waals surface area (Å²) in [6.07, 6.45) is 4.40. The van der Waals surface area contributed by atoms with Crippen molar-refractivity contribution in [3.8, 4) is 0 Å². The standard InChI is InChI=1S/C15H20ClN3O2/c16-13-2-1-6-17-14(13)19-7-3-11(10-19)15(20)18-12-4-8-21-9-5-12/h1-2,6,11-12H,3-5,7-10H2,(H,18,20). The zero-order valence-corrected chi connectivity index (χ0v) is 12.7. The van der Waals surface area contributed by atoms with Crippen LogP contribution in [0.15, 0.2) is 18.3 Å². The highest BCUT2D eigenvalue weighted by molar-refractivity contribution is 6.32. The van der Waals surface area contributed by atoms with Crippen LogP contribution < -0.4 is 10.2 Å². The van der Waals surface area contributed by atoms with Crippen molar-refractivity contribution < 1.29 is 9.53 Å². The molecule has 2 fully saturated rings. The van der Waals surface area contributed by atoms with Crippen LogP contribution in [0, 0.1) is 5.92 Å². The van der Waals surface area contributed by atoms with Crippen molar-refractivity contribution in [2.45, 2.75) is 25.3 Å². The molecule has 2 aliphatic rings. The lowest BCUT2D eigenvalue weighted by Crippen LogP contribution is -2.42. The molecule has 0 saturated carbocycles. The van der Waals surface area contributed by atoms with E-state index in [9.17, 15) is 4.79 Å². The monoisotopic (exact) mass is 309 g/mol. The molecule has 1 N–H and O–H groups in total. The largest absolute Gasteiger partial charge is 0.381 e. The van der Waals surface area contributed by atoms with Crippen molar-refractivity contribution in [1.29, 1.82) is 0 Å². The molecule has 1 unspecified atom stereocenters. The van der Waals surface area contributed by atoms with Crippen LogP contribution in [0.5, 0.6) is 0 Å². The van der Waals surface area contributed by atoms with Crippen molar-refractivity contribution in [3.05, 3.63) is 23.4 Å². The number of hydrogen-bond acceptors (Lipinski definition) is 4. The quantitative estimate of drug-likeness (QED) is 0.926. The van der Waals surface area contributed by atoms with Gasteiger partial charge >= 0.3 is 0 Å². The molecule has 0 radical (unpaired) electrons. The minimum Gasteiger partial charge on any atom is -0.381 e. The third kappa shape index (κ3) is 3.47. The van der Waals surface area contributed by atoms with Crippen molar-refractivity contribution in [3.63, 3.8) is 0 Å². The third-order valence-corrected chi connectivity index (χ3v) is 4.46. The van der Waals surface area contributed by atoms with Crippen LogP contribution in [0.4, 0.5) is 5.82 Å². The summed E-state index contributed by atoms with van der Waals surface area (Å²) >= 11 is 6.17. The van der Waals surface area contributed by atoms with Gasteiger partial charge in [-0.15, -0.1) is 0 Å². The molecule has 1 atom stereocenters. The highest BCUT2D eigenvalue weighted by Gasteiger charge is 2.31. The molecule has 1 aromatic heterocycles. The van der Waals surface area contributed by atoms with Gasteiger partial charge in [0.25, 0.3) is 0 Å². The van der Waals surface area contributed by atoms with Crippen LogP contribution >= 0.6 is 11.6 Å². The van der Waals surface area contributed by atoms with Crippen LogP contribution in [0.2, 0.25) is 5.02 Å². The molecule has 1 aromatic rings. The maximum absolute atomic E-state index is 12.3. The minimum atomic E-state index is 0.0194. The second-order valence-corrected chi connectivity index (χ2v) is 6.04. The molecule has 21 heavy (non-hydrogen) atoms. The number of halogens is 1. The van der Waals surface area contributed by atoms with Crippen LogP contribution in [0.25, 0.3) is 0 Å². The molecule has 0 bridgehead atoms. The van der Waals surface area contributed by atoms with Crippen molar-refractivity contribution in [1.82, 2.24) is 10.3 Å². The Labute approximate surface area is 129 Å². The van der Waals surface area contributed by atoms with Gasteiger partial charge in [-0.05, 0) is 31.4 Å². The Morgan fingerprint density at radius 2 is 2.19 bits per heavy atom. The number of aromatic nitrogens is 1. The Kier molecular flexibility index (Phi) is 4.60. The topological polar surface area (TPSA) is 54.5 Å². The maximum atomic E-state index is 12.3. The van der Waals surface area contributed by atoms with Crippen LogP contribution in [0.3, 0.4) is 0 Å². The second-order valence-electron chi connectivity index (χ2n) is 5.64. The normalized spacial score (nSPS) is 23.3. The first-order valence-electron chi connectivity index (χ1n) is 7.47. The third-order valence-electron chi connectivity index (χ3n) is 4.17. The zero-order valence-electron chi connectivity index (χ0n) is 11.9. The molecule has 0 spiro atoms. The summed E-state index contributed by atoms with van der Waals surface area (Å²) < 4.78 is 5.31. The number of anilines is 1. The maximum Gasteiger partial charge on any atom is 0.225 e. The van der Waals surface area contributed by atoms with Gasteiger partial charge in [-0.2, -0.15) is 0 Å². The van der Waals surface area contributed by atoms with E-state index in [1.807, 2.05) is 12.1 Å². The summed E-state index contributed by atoms with van der Waals surface area (Å²) in [6.45, 7) is 2.99. The predicted octanol–water partition coefficient (Wildman–Crippen LogP) is 1.86. The average molecular weight is 310 g/mol. The Morgan fingerprint density at radius 1 is 1.38 bits per heavy atom. The van der Waals surface area contributed by atoms with Gasteiger partial charge < -0.3 is 15.0 Å². The van der Waals surface area contributed by atoms with Gasteiger partial charge in [-0.3, -0.25) is 4.79 Å². The molecule has 0 aliphatic carbocycles. The number of rotatable bonds is 3. The lowest BCUT2D eigenvalue weighted by molar-refractivity contribution is -0.125. The molecule has 6 heteroatoms. The number of carbonyl (C=O) groups is 1. The average Bonchev–Trinajstić information content (AvgIpc) is 2.98. The molecular formula is C15H20ClN3O2. The Morgan fingerprint density at radius 3 is 2.95 bits per heavy atom. The zero-order chi connectivity index (χ0) is 14.7. The van der Waals surface area contributed by atoms with Crippen molar-refractivity contribution >= 4 is 23.3 Å². The van der Waals surface area contributed by atoms with E-state index in [1.54, 1.807) is 6.20 Å². The molecule has 2 saturated heterocycles. The molecular weight excluding hydrogens is 290 g/mol. The van der Waals surface area contributed by atoms with Gasteiger partial charge in [0, 0.05) is 38.5 Å². The molecule has 3 heterocycles. The number of nitrogens with zero attached hydrogens (tertiary/aromatic N) is 2. The Balaban J connectivity index is 1.56. The van der Waals surface area contributed by atoms with E-state index in [4.69, 9.17) is 16.3 Å². The second kappa shape index (κ2) is 6.62. The Bertz CT molecular complexity index is 505. The van der Waals surface area contributed by atoms with E-state index in [-0.39, 0.29) is 17.9 Å². The summed E-state index contributed by atoms with van der Waals surface area (Å²) in [7, 11) is 0. The first-order chi connectivity index (χ1) is 10.2. The van der Waals surface area contributed by atoms with Crippen LogP contribution in [-0.2, 0) is 9.53 Å². The minimum absolute atomic E-state index is 0.0194. The highest BCUT2D eigenvalue weighted by Crippen LogP contribution is 2.28. The number of pyridine rings is 1. The van der Waals surface area contributed by atoms with Gasteiger partial charge in [0.1, 0.15) is 5.82 Å². The number of amides is 1. The molecule has 1 amide bonds. The van der Waals surface area contributed by atoms with Crippen LogP contribution in [-0.4, -0.2) is 43.2 Å². The fraction of sp³-hybridized carbons (Fsp3) is 0.600. The van der Waals surface area contributed by atoms with E-state index in [1.165, 1.54) is 0 Å². The number of nitrogens with one attached hydrogen (secondary N) is 1. The molecule has 2 aliphatic heterocycles. The number of carbonyl (C=O) groups excluding carboxylic acids is 1. The summed E-state index contributed by atoms with van der Waals surface area (Å²) in [5, 5.41) is 3.79. The first-order valence-corrected chi connectivity index (χ1v) is 7.85. The molecule has 3 rings (SSSR count). The van der Waals surface area contributed by atoms with Crippen molar-refractivity contribution in [2.24, 2.45) is 5.92 Å². The van der Waals surface area contributed by atoms with E-state index in [0.717, 1.165) is 44.8 Å². The van der Waals surface area contributed by atoms with Gasteiger partial charge in [-0.25, -0.2) is 4.98 Å². The fourth-order valence-electron chi connectivity index (χ4n) is 2.94. The lowest BCUT2D eigenvalue weighted by Gasteiger charge is -2.24. The lowest BCUT2D eigenvalue weighted by atomic mass is 10.1. The summed E-state index contributed by atoms with van der Waals surface area (Å²) in [5.74, 6) is 0.947. The van der Waals surface area contributed by atoms with E-state index in [0.29, 0.717) is 11.6 Å². The fourth-order valence-corrected chi connectivity index (χ4v) is 3.18. The van der Waals surface area contributed by atoms with Gasteiger partial charge in [-0.1, -0.05) is 11.6 Å². The summed E-state index contributed by atoms with van der Waals surface area (Å²) in [4.78, 5) is 18.8. The number of ether oxygens (including phenoxy) is 1. The smallest absolute Gasteiger partial charge is 0.225 e. The van der Waals surface area contributed by atoms with Crippen LogP contribution in [0.1, 0.15) is 19.3 Å². The van der Waals surface area contributed by atoms with Gasteiger partial charge in [0.05, 0.1) is 10.9 Å². The predicted molar refractivity (Wildman–Crippen MR) is 81.6 cm³/mol. The van der Waals surface area contributed by atoms with Gasteiger partial charge in [0.2, 0.25) is 5.91 Å². The van der Waals surface area contributed by atoms with E-state index in [2.05, 4.69) is 15.2 Å². The SMILES string of the molecule is O=C(NC1CCOCC1)C1CCN(c2ncccc2Cl)C1. The van der Waals surface area contributed by atoms with Crippen molar-refractivity contribution in [2.75, 3.05) is 31.2 Å². The number of hydrogen-bond donors (Lipinski definition) is 1. The van der Waals surface area contributed by atoms with E-state index >= 15 is 0 Å². The first kappa shape index (κ1) is 14.6. The summed E-state index contributed by atoms with van der Waals surface area (Å²) in [6, 6.07) is 3.91. The molecule has 0 aromatic carbocycles. The molecule has 114 valence electrons.